The van der Waals surface area contributed by atoms with Gasteiger partial charge in [0.1, 0.15) is 0 Å². The quantitative estimate of drug-likeness (QED) is 0.917. The summed E-state index contributed by atoms with van der Waals surface area (Å²) in [6.45, 7) is 7.08. The Morgan fingerprint density at radius 2 is 2.17 bits per heavy atom. The fourth-order valence-corrected chi connectivity index (χ4v) is 1.81. The summed E-state index contributed by atoms with van der Waals surface area (Å²) in [7, 11) is 0. The van der Waals surface area contributed by atoms with E-state index in [4.69, 9.17) is 11.6 Å². The summed E-state index contributed by atoms with van der Waals surface area (Å²) in [6, 6.07) is 6.44. The maximum absolute atomic E-state index is 6.12. The van der Waals surface area contributed by atoms with E-state index in [-0.39, 0.29) is 0 Å². The lowest BCUT2D eigenvalue weighted by Gasteiger charge is -2.05. The lowest BCUT2D eigenvalue weighted by Crippen LogP contribution is -2.21. The Labute approximate surface area is 113 Å². The van der Waals surface area contributed by atoms with Crippen molar-refractivity contribution in [3.8, 4) is 5.69 Å². The summed E-state index contributed by atoms with van der Waals surface area (Å²) in [5, 5.41) is 8.49. The van der Waals surface area contributed by atoms with Crippen LogP contribution in [0.3, 0.4) is 0 Å². The van der Waals surface area contributed by atoms with Gasteiger partial charge in [-0.3, -0.25) is 0 Å². The van der Waals surface area contributed by atoms with Crippen molar-refractivity contribution in [2.75, 3.05) is 0 Å². The topological polar surface area (TPSA) is 29.9 Å². The summed E-state index contributed by atoms with van der Waals surface area (Å²) < 4.78 is 1.85. The van der Waals surface area contributed by atoms with Gasteiger partial charge in [0.05, 0.1) is 11.9 Å². The third-order valence-corrected chi connectivity index (χ3v) is 3.18. The average molecular weight is 264 g/mol. The second kappa shape index (κ2) is 5.55. The number of hydrogen-bond acceptors (Lipinski definition) is 2. The Kier molecular flexibility index (Phi) is 4.04. The Morgan fingerprint density at radius 3 is 2.83 bits per heavy atom. The largest absolute Gasteiger partial charge is 0.310 e. The zero-order valence-corrected chi connectivity index (χ0v) is 11.7. The first-order valence-corrected chi connectivity index (χ1v) is 6.47. The first-order chi connectivity index (χ1) is 8.56. The van der Waals surface area contributed by atoms with Crippen LogP contribution in [0.5, 0.6) is 0 Å². The molecule has 18 heavy (non-hydrogen) atoms. The molecule has 3 nitrogen and oxygen atoms in total. The highest BCUT2D eigenvalue weighted by Crippen LogP contribution is 2.19. The van der Waals surface area contributed by atoms with Gasteiger partial charge in [0.25, 0.3) is 0 Å². The van der Waals surface area contributed by atoms with E-state index in [1.165, 1.54) is 5.56 Å². The van der Waals surface area contributed by atoms with Gasteiger partial charge in [-0.25, -0.2) is 4.68 Å². The summed E-state index contributed by atoms with van der Waals surface area (Å²) >= 11 is 6.12. The number of benzene rings is 1. The highest BCUT2D eigenvalue weighted by atomic mass is 35.5. The molecule has 0 aliphatic rings. The third-order valence-electron chi connectivity index (χ3n) is 2.77. The van der Waals surface area contributed by atoms with Crippen LogP contribution in [0, 0.1) is 6.92 Å². The van der Waals surface area contributed by atoms with E-state index in [0.29, 0.717) is 6.04 Å². The van der Waals surface area contributed by atoms with Crippen molar-refractivity contribution in [3.63, 3.8) is 0 Å². The van der Waals surface area contributed by atoms with Crippen LogP contribution >= 0.6 is 11.6 Å². The molecule has 0 radical (unpaired) electrons. The highest BCUT2D eigenvalue weighted by Gasteiger charge is 2.03. The van der Waals surface area contributed by atoms with Crippen molar-refractivity contribution in [3.05, 3.63) is 46.7 Å². The molecule has 1 N–H and O–H groups in total. The molecule has 1 heterocycles. The molecule has 1 aromatic heterocycles. The van der Waals surface area contributed by atoms with E-state index in [2.05, 4.69) is 24.3 Å². The Bertz CT molecular complexity index is 532. The first kappa shape index (κ1) is 13.1. The van der Waals surface area contributed by atoms with E-state index >= 15 is 0 Å². The Morgan fingerprint density at radius 1 is 1.39 bits per heavy atom. The number of nitrogens with zero attached hydrogens (tertiary/aromatic N) is 2. The summed E-state index contributed by atoms with van der Waals surface area (Å²) in [4.78, 5) is 0. The maximum Gasteiger partial charge on any atom is 0.0660 e. The predicted octanol–water partition coefficient (Wildman–Crippen LogP) is 3.33. The number of hydrogen-bond donors (Lipinski definition) is 1. The van der Waals surface area contributed by atoms with E-state index in [9.17, 15) is 0 Å². The fraction of sp³-hybridized carbons (Fsp3) is 0.357. The highest BCUT2D eigenvalue weighted by molar-refractivity contribution is 6.31. The number of halogens is 1. The second-order valence-corrected chi connectivity index (χ2v) is 5.17. The van der Waals surface area contributed by atoms with Crippen molar-refractivity contribution < 1.29 is 0 Å². The molecule has 0 atom stereocenters. The molecule has 0 saturated heterocycles. The van der Waals surface area contributed by atoms with Crippen LogP contribution in [0.25, 0.3) is 5.69 Å². The van der Waals surface area contributed by atoms with Crippen LogP contribution in [0.15, 0.2) is 30.6 Å². The number of aryl methyl sites for hydroxylation is 1. The van der Waals surface area contributed by atoms with Crippen LogP contribution < -0.4 is 5.32 Å². The zero-order valence-electron chi connectivity index (χ0n) is 10.9. The lowest BCUT2D eigenvalue weighted by molar-refractivity contribution is 0.589. The molecule has 0 saturated carbocycles. The van der Waals surface area contributed by atoms with Crippen molar-refractivity contribution in [1.82, 2.24) is 15.1 Å². The smallest absolute Gasteiger partial charge is 0.0660 e. The van der Waals surface area contributed by atoms with Crippen LogP contribution in [-0.4, -0.2) is 15.8 Å². The van der Waals surface area contributed by atoms with Crippen LogP contribution in [-0.2, 0) is 6.54 Å². The van der Waals surface area contributed by atoms with Gasteiger partial charge >= 0.3 is 0 Å². The summed E-state index contributed by atoms with van der Waals surface area (Å²) in [6.07, 6.45) is 3.90. The predicted molar refractivity (Wildman–Crippen MR) is 75.3 cm³/mol. The summed E-state index contributed by atoms with van der Waals surface area (Å²) in [5.74, 6) is 0. The van der Waals surface area contributed by atoms with E-state index in [1.54, 1.807) is 0 Å². The minimum atomic E-state index is 0.474. The Hall–Kier alpha value is -1.32. The van der Waals surface area contributed by atoms with Crippen molar-refractivity contribution >= 4 is 11.6 Å². The summed E-state index contributed by atoms with van der Waals surface area (Å²) in [5.41, 5.74) is 3.23. The fourth-order valence-electron chi connectivity index (χ4n) is 1.64. The average Bonchev–Trinajstić information content (AvgIpc) is 2.79. The van der Waals surface area contributed by atoms with Crippen LogP contribution in [0.1, 0.15) is 25.0 Å². The molecule has 96 valence electrons. The molecular formula is C14H18ClN3. The molecule has 0 unspecified atom stereocenters. The standard InChI is InChI=1S/C14H18ClN3/c1-10(2)16-7-12-8-17-18(9-12)13-5-4-11(3)14(15)6-13/h4-6,8-10,16H,7H2,1-3H3. The van der Waals surface area contributed by atoms with Gasteiger partial charge in [0.15, 0.2) is 0 Å². The number of rotatable bonds is 4. The molecule has 0 aliphatic carbocycles. The molecule has 2 rings (SSSR count). The van der Waals surface area contributed by atoms with Crippen LogP contribution in [0.4, 0.5) is 0 Å². The van der Waals surface area contributed by atoms with Gasteiger partial charge in [0.2, 0.25) is 0 Å². The lowest BCUT2D eigenvalue weighted by atomic mass is 10.2. The van der Waals surface area contributed by atoms with Gasteiger partial charge in [-0.05, 0) is 24.6 Å². The minimum absolute atomic E-state index is 0.474. The van der Waals surface area contributed by atoms with Gasteiger partial charge in [-0.2, -0.15) is 5.10 Å². The SMILES string of the molecule is Cc1ccc(-n2cc(CNC(C)C)cn2)cc1Cl. The van der Waals surface area contributed by atoms with E-state index in [0.717, 1.165) is 22.8 Å². The van der Waals surface area contributed by atoms with E-state index in [1.807, 2.05) is 42.2 Å². The number of aromatic nitrogens is 2. The van der Waals surface area contributed by atoms with Gasteiger partial charge < -0.3 is 5.32 Å². The molecule has 0 fully saturated rings. The van der Waals surface area contributed by atoms with E-state index < -0.39 is 0 Å². The molecule has 0 amide bonds. The molecule has 0 bridgehead atoms. The molecule has 1 aromatic carbocycles. The number of nitrogens with one attached hydrogen (secondary N) is 1. The molecule has 4 heteroatoms. The van der Waals surface area contributed by atoms with Crippen LogP contribution in [0.2, 0.25) is 5.02 Å². The van der Waals surface area contributed by atoms with Gasteiger partial charge in [-0.15, -0.1) is 0 Å². The molecule has 2 aromatic rings. The normalized spacial score (nSPS) is 11.2. The Balaban J connectivity index is 2.16. The first-order valence-electron chi connectivity index (χ1n) is 6.09. The molecule has 0 aliphatic heterocycles. The molecule has 0 spiro atoms. The zero-order chi connectivity index (χ0) is 13.1. The second-order valence-electron chi connectivity index (χ2n) is 4.76. The van der Waals surface area contributed by atoms with Crippen molar-refractivity contribution in [2.45, 2.75) is 33.4 Å². The van der Waals surface area contributed by atoms with Gasteiger partial charge in [-0.1, -0.05) is 31.5 Å². The van der Waals surface area contributed by atoms with Crippen molar-refractivity contribution in [1.29, 1.82) is 0 Å². The maximum atomic E-state index is 6.12. The minimum Gasteiger partial charge on any atom is -0.310 e. The third kappa shape index (κ3) is 3.12. The monoisotopic (exact) mass is 263 g/mol. The molecular weight excluding hydrogens is 246 g/mol. The van der Waals surface area contributed by atoms with Crippen molar-refractivity contribution in [2.24, 2.45) is 0 Å². The van der Waals surface area contributed by atoms with Gasteiger partial charge in [0, 0.05) is 29.4 Å².